The quantitative estimate of drug-likeness (QED) is 0.0610. The Morgan fingerprint density at radius 2 is 0.667 bits per heavy atom. The van der Waals surface area contributed by atoms with Gasteiger partial charge in [-0.3, -0.25) is 9.59 Å². The maximum atomic E-state index is 10.3. The van der Waals surface area contributed by atoms with Crippen molar-refractivity contribution in [2.45, 2.75) is 168 Å². The molecule has 0 fully saturated rings. The summed E-state index contributed by atoms with van der Waals surface area (Å²) in [6.45, 7) is 5.91. The number of nitrogens with one attached hydrogen (secondary N) is 1. The van der Waals surface area contributed by atoms with Crippen molar-refractivity contribution in [2.24, 2.45) is 0 Å². The fraction of sp³-hybridized carbons (Fsp3) is 0.938. The Labute approximate surface area is 241 Å². The van der Waals surface area contributed by atoms with Crippen molar-refractivity contribution in [1.82, 2.24) is 5.32 Å². The summed E-state index contributed by atoms with van der Waals surface area (Å²) in [5, 5.41) is 36.0. The lowest BCUT2D eigenvalue weighted by Gasteiger charge is -2.01. The van der Waals surface area contributed by atoms with Gasteiger partial charge in [0.15, 0.2) is 0 Å². The average molecular weight is 562 g/mol. The van der Waals surface area contributed by atoms with Crippen molar-refractivity contribution < 1.29 is 30.0 Å². The summed E-state index contributed by atoms with van der Waals surface area (Å²) in [6, 6.07) is 0. The van der Waals surface area contributed by atoms with Gasteiger partial charge in [0.2, 0.25) is 0 Å². The van der Waals surface area contributed by atoms with E-state index < -0.39 is 11.9 Å². The largest absolute Gasteiger partial charge is 0.481 e. The first-order valence-corrected chi connectivity index (χ1v) is 16.3. The fourth-order valence-electron chi connectivity index (χ4n) is 4.16. The van der Waals surface area contributed by atoms with E-state index in [1.165, 1.54) is 116 Å². The SMILES string of the molecule is CCCCCCCCCCCCCC(=O)O.CCCCCCCCCCCCCC(=O)O.OCCNCCO. The molecule has 0 aromatic carbocycles. The lowest BCUT2D eigenvalue weighted by Crippen LogP contribution is -2.21. The van der Waals surface area contributed by atoms with Gasteiger partial charge in [-0.15, -0.1) is 0 Å². The van der Waals surface area contributed by atoms with Crippen LogP contribution in [0.15, 0.2) is 0 Å². The van der Waals surface area contributed by atoms with E-state index >= 15 is 0 Å². The lowest BCUT2D eigenvalue weighted by molar-refractivity contribution is -0.138. The molecule has 0 aromatic rings. The number of aliphatic hydroxyl groups excluding tert-OH is 2. The molecule has 0 bridgehead atoms. The Morgan fingerprint density at radius 1 is 0.436 bits per heavy atom. The maximum absolute atomic E-state index is 10.3. The van der Waals surface area contributed by atoms with Crippen LogP contribution in [0.25, 0.3) is 0 Å². The summed E-state index contributed by atoms with van der Waals surface area (Å²) in [7, 11) is 0. The van der Waals surface area contributed by atoms with Crippen LogP contribution in [0.5, 0.6) is 0 Å². The van der Waals surface area contributed by atoms with Gasteiger partial charge in [-0.25, -0.2) is 0 Å². The van der Waals surface area contributed by atoms with E-state index in [9.17, 15) is 9.59 Å². The van der Waals surface area contributed by atoms with E-state index in [2.05, 4.69) is 19.2 Å². The molecule has 236 valence electrons. The van der Waals surface area contributed by atoms with Gasteiger partial charge in [0.25, 0.3) is 0 Å². The number of hydrogen-bond donors (Lipinski definition) is 5. The molecule has 0 aliphatic rings. The highest BCUT2D eigenvalue weighted by Crippen LogP contribution is 2.12. The highest BCUT2D eigenvalue weighted by Gasteiger charge is 1.97. The van der Waals surface area contributed by atoms with Crippen molar-refractivity contribution in [2.75, 3.05) is 26.3 Å². The summed E-state index contributed by atoms with van der Waals surface area (Å²) in [5.74, 6) is -1.31. The molecule has 0 spiro atoms. The molecule has 39 heavy (non-hydrogen) atoms. The standard InChI is InChI=1S/2C14H28O2.C4H11NO2/c2*1-2-3-4-5-6-7-8-9-10-11-12-13-14(15)16;6-3-1-5-2-4-7/h2*2-13H2,1H3,(H,15,16);5-7H,1-4H2. The molecule has 0 amide bonds. The van der Waals surface area contributed by atoms with Crippen LogP contribution >= 0.6 is 0 Å². The molecule has 7 heteroatoms. The molecule has 5 N–H and O–H groups in total. The zero-order valence-electron chi connectivity index (χ0n) is 25.9. The third-order valence-corrected chi connectivity index (χ3v) is 6.57. The van der Waals surface area contributed by atoms with Gasteiger partial charge in [-0.05, 0) is 12.8 Å². The Bertz CT molecular complexity index is 422. The second kappa shape index (κ2) is 41.3. The Morgan fingerprint density at radius 3 is 0.872 bits per heavy atom. The Hall–Kier alpha value is -1.18. The molecule has 7 nitrogen and oxygen atoms in total. The van der Waals surface area contributed by atoms with Gasteiger partial charge in [-0.1, -0.05) is 142 Å². The Balaban J connectivity index is -0.000000537. The highest BCUT2D eigenvalue weighted by molar-refractivity contribution is 5.66. The molecular weight excluding hydrogens is 494 g/mol. The van der Waals surface area contributed by atoms with Gasteiger partial charge in [0, 0.05) is 25.9 Å². The molecule has 0 saturated carbocycles. The van der Waals surface area contributed by atoms with E-state index in [-0.39, 0.29) is 13.2 Å². The molecule has 0 heterocycles. The predicted octanol–water partition coefficient (Wildman–Crippen LogP) is 8.10. The maximum Gasteiger partial charge on any atom is 0.303 e. The molecule has 0 aliphatic heterocycles. The van der Waals surface area contributed by atoms with Gasteiger partial charge in [0.05, 0.1) is 13.2 Å². The second-order valence-electron chi connectivity index (χ2n) is 10.6. The molecule has 0 atom stereocenters. The first-order chi connectivity index (χ1) is 19.0. The minimum absolute atomic E-state index is 0.139. The number of carboxylic acid groups (broad SMARTS) is 2. The second-order valence-corrected chi connectivity index (χ2v) is 10.6. The average Bonchev–Trinajstić information content (AvgIpc) is 2.91. The normalized spacial score (nSPS) is 10.4. The van der Waals surface area contributed by atoms with Crippen molar-refractivity contribution in [3.8, 4) is 0 Å². The zero-order chi connectivity index (χ0) is 29.7. The van der Waals surface area contributed by atoms with E-state index in [0.717, 1.165) is 25.7 Å². The van der Waals surface area contributed by atoms with Crippen LogP contribution in [0.3, 0.4) is 0 Å². The van der Waals surface area contributed by atoms with Crippen LogP contribution in [0.2, 0.25) is 0 Å². The van der Waals surface area contributed by atoms with Gasteiger partial charge < -0.3 is 25.7 Å². The first kappa shape index (κ1) is 42.3. The molecule has 0 radical (unpaired) electrons. The van der Waals surface area contributed by atoms with Crippen molar-refractivity contribution >= 4 is 11.9 Å². The number of hydrogen-bond acceptors (Lipinski definition) is 5. The highest BCUT2D eigenvalue weighted by atomic mass is 16.4. The number of unbranched alkanes of at least 4 members (excludes halogenated alkanes) is 20. The summed E-state index contributed by atoms with van der Waals surface area (Å²) in [6.07, 6.45) is 28.7. The van der Waals surface area contributed by atoms with Gasteiger partial charge >= 0.3 is 11.9 Å². The summed E-state index contributed by atoms with van der Waals surface area (Å²) >= 11 is 0. The van der Waals surface area contributed by atoms with E-state index in [1.807, 2.05) is 0 Å². The number of carbonyl (C=O) groups is 2. The molecule has 0 rings (SSSR count). The minimum Gasteiger partial charge on any atom is -0.481 e. The summed E-state index contributed by atoms with van der Waals surface area (Å²) in [5.41, 5.74) is 0. The van der Waals surface area contributed by atoms with Gasteiger partial charge in [-0.2, -0.15) is 0 Å². The van der Waals surface area contributed by atoms with Crippen LogP contribution < -0.4 is 5.32 Å². The molecular formula is C32H67NO6. The van der Waals surface area contributed by atoms with Crippen molar-refractivity contribution in [1.29, 1.82) is 0 Å². The fourth-order valence-corrected chi connectivity index (χ4v) is 4.16. The Kier molecular flexibility index (Phi) is 44.8. The third kappa shape index (κ3) is 53.7. The summed E-state index contributed by atoms with van der Waals surface area (Å²) in [4.78, 5) is 20.5. The zero-order valence-corrected chi connectivity index (χ0v) is 25.9. The van der Waals surface area contributed by atoms with Crippen LogP contribution in [-0.2, 0) is 9.59 Å². The van der Waals surface area contributed by atoms with Crippen LogP contribution in [0.4, 0.5) is 0 Å². The first-order valence-electron chi connectivity index (χ1n) is 16.3. The number of aliphatic hydroxyl groups is 2. The van der Waals surface area contributed by atoms with E-state index in [4.69, 9.17) is 20.4 Å². The monoisotopic (exact) mass is 561 g/mol. The van der Waals surface area contributed by atoms with E-state index in [1.54, 1.807) is 0 Å². The molecule has 0 saturated heterocycles. The van der Waals surface area contributed by atoms with Crippen molar-refractivity contribution in [3.63, 3.8) is 0 Å². The molecule has 0 aromatic heterocycles. The summed E-state index contributed by atoms with van der Waals surface area (Å²) < 4.78 is 0. The molecule has 0 unspecified atom stereocenters. The smallest absolute Gasteiger partial charge is 0.303 e. The third-order valence-electron chi connectivity index (χ3n) is 6.57. The topological polar surface area (TPSA) is 127 Å². The lowest BCUT2D eigenvalue weighted by atomic mass is 10.1. The number of carboxylic acids is 2. The number of aliphatic carboxylic acids is 2. The predicted molar refractivity (Wildman–Crippen MR) is 164 cm³/mol. The van der Waals surface area contributed by atoms with Crippen LogP contribution in [0, 0.1) is 0 Å². The number of rotatable bonds is 28. The van der Waals surface area contributed by atoms with Gasteiger partial charge in [0.1, 0.15) is 0 Å². The van der Waals surface area contributed by atoms with Crippen LogP contribution in [0.1, 0.15) is 168 Å². The molecule has 0 aliphatic carbocycles. The minimum atomic E-state index is -0.657. The van der Waals surface area contributed by atoms with Crippen LogP contribution in [-0.4, -0.2) is 58.7 Å². The van der Waals surface area contributed by atoms with E-state index in [0.29, 0.717) is 25.9 Å². The van der Waals surface area contributed by atoms with Crippen molar-refractivity contribution in [3.05, 3.63) is 0 Å².